The number of hydrogen-bond acceptors (Lipinski definition) is 2. The topological polar surface area (TPSA) is 40.5 Å². The average Bonchev–Trinajstić information content (AvgIpc) is 3.00. The van der Waals surface area contributed by atoms with Gasteiger partial charge in [0, 0.05) is 23.3 Å². The minimum Gasteiger partial charge on any atom is -0.508 e. The Balaban J connectivity index is 2.00. The second kappa shape index (κ2) is 6.17. The van der Waals surface area contributed by atoms with Crippen molar-refractivity contribution in [3.63, 3.8) is 0 Å². The van der Waals surface area contributed by atoms with Crippen molar-refractivity contribution in [3.8, 4) is 22.6 Å². The normalized spacial score (nSPS) is 13.7. The molecule has 142 valence electrons. The summed E-state index contributed by atoms with van der Waals surface area (Å²) in [4.78, 5) is 0. The highest BCUT2D eigenvalue weighted by molar-refractivity contribution is 5.86. The van der Waals surface area contributed by atoms with E-state index < -0.39 is 17.0 Å². The highest BCUT2D eigenvalue weighted by atomic mass is 19.1. The molecule has 0 unspecified atom stereocenters. The summed E-state index contributed by atoms with van der Waals surface area (Å²) in [5.41, 5.74) is 2.48. The summed E-state index contributed by atoms with van der Waals surface area (Å²) in [6.07, 6.45) is 0. The molecule has 0 spiro atoms. The molecular formula is C25H16F2O2. The molecule has 4 aromatic carbocycles. The van der Waals surface area contributed by atoms with Crippen LogP contribution < -0.4 is 0 Å². The molecule has 0 radical (unpaired) electrons. The van der Waals surface area contributed by atoms with Crippen molar-refractivity contribution in [1.29, 1.82) is 0 Å². The molecule has 2 nitrogen and oxygen atoms in total. The molecule has 4 aromatic rings. The molecule has 29 heavy (non-hydrogen) atoms. The number of benzene rings is 4. The zero-order chi connectivity index (χ0) is 20.2. The minimum atomic E-state index is -1.26. The number of aromatic hydroxyl groups is 2. The van der Waals surface area contributed by atoms with Crippen molar-refractivity contribution in [2.24, 2.45) is 0 Å². The Morgan fingerprint density at radius 3 is 1.34 bits per heavy atom. The molecule has 0 amide bonds. The predicted octanol–water partition coefficient (Wildman–Crippen LogP) is 5.74. The number of rotatable bonds is 2. The van der Waals surface area contributed by atoms with Gasteiger partial charge in [-0.1, -0.05) is 60.7 Å². The molecule has 0 atom stereocenters. The maximum Gasteiger partial charge on any atom is 0.131 e. The lowest BCUT2D eigenvalue weighted by Crippen LogP contribution is -2.31. The van der Waals surface area contributed by atoms with Gasteiger partial charge in [0.05, 0.1) is 5.41 Å². The third-order valence-electron chi connectivity index (χ3n) is 5.67. The van der Waals surface area contributed by atoms with Crippen LogP contribution in [0.2, 0.25) is 0 Å². The van der Waals surface area contributed by atoms with Crippen LogP contribution in [0.3, 0.4) is 0 Å². The fourth-order valence-corrected chi connectivity index (χ4v) is 4.58. The molecule has 1 aliphatic rings. The molecular weight excluding hydrogens is 370 g/mol. The first-order chi connectivity index (χ1) is 14.0. The van der Waals surface area contributed by atoms with E-state index in [0.29, 0.717) is 0 Å². The zero-order valence-corrected chi connectivity index (χ0v) is 15.2. The number of phenols is 2. The van der Waals surface area contributed by atoms with E-state index in [-0.39, 0.29) is 22.6 Å². The smallest absolute Gasteiger partial charge is 0.131 e. The van der Waals surface area contributed by atoms with E-state index in [4.69, 9.17) is 0 Å². The molecule has 4 heteroatoms. The first kappa shape index (κ1) is 17.4. The number of halogens is 2. The van der Waals surface area contributed by atoms with Crippen LogP contribution in [0.25, 0.3) is 11.1 Å². The summed E-state index contributed by atoms with van der Waals surface area (Å²) in [5, 5.41) is 19.5. The summed E-state index contributed by atoms with van der Waals surface area (Å²) in [6.45, 7) is 0. The van der Waals surface area contributed by atoms with E-state index in [1.165, 1.54) is 24.3 Å². The zero-order valence-electron chi connectivity index (χ0n) is 15.2. The Morgan fingerprint density at radius 1 is 0.517 bits per heavy atom. The standard InChI is InChI=1S/C25H16F2O2/c26-23-13-15(28)9-11-21(23)25(22-12-10-16(29)14-24(22)27)19-7-3-1-5-17(19)18-6-2-4-8-20(18)25/h1-14,28-29H. The van der Waals surface area contributed by atoms with Crippen LogP contribution in [0.1, 0.15) is 22.3 Å². The van der Waals surface area contributed by atoms with E-state index in [1.54, 1.807) is 0 Å². The summed E-state index contributed by atoms with van der Waals surface area (Å²) < 4.78 is 30.6. The van der Waals surface area contributed by atoms with Crippen LogP contribution in [-0.2, 0) is 5.41 Å². The molecule has 0 aromatic heterocycles. The van der Waals surface area contributed by atoms with Gasteiger partial charge in [-0.15, -0.1) is 0 Å². The van der Waals surface area contributed by atoms with Gasteiger partial charge in [0.1, 0.15) is 23.1 Å². The highest BCUT2D eigenvalue weighted by Gasteiger charge is 2.48. The van der Waals surface area contributed by atoms with Gasteiger partial charge in [-0.2, -0.15) is 0 Å². The van der Waals surface area contributed by atoms with Crippen molar-refractivity contribution in [3.05, 3.63) is 119 Å². The Bertz CT molecular complexity index is 1160. The second-order valence-electron chi connectivity index (χ2n) is 7.17. The second-order valence-corrected chi connectivity index (χ2v) is 7.17. The Labute approximate surface area is 166 Å². The Morgan fingerprint density at radius 2 is 0.931 bits per heavy atom. The summed E-state index contributed by atoms with van der Waals surface area (Å²) in [5.74, 6) is -1.67. The molecule has 0 saturated carbocycles. The van der Waals surface area contributed by atoms with Gasteiger partial charge in [-0.3, -0.25) is 0 Å². The molecule has 0 heterocycles. The monoisotopic (exact) mass is 386 g/mol. The SMILES string of the molecule is Oc1ccc(C2(c3ccc(O)cc3F)c3ccccc3-c3ccccc32)c(F)c1. The number of fused-ring (bicyclic) bond motifs is 3. The first-order valence-corrected chi connectivity index (χ1v) is 9.21. The minimum absolute atomic E-state index is 0.202. The van der Waals surface area contributed by atoms with Crippen molar-refractivity contribution < 1.29 is 19.0 Å². The van der Waals surface area contributed by atoms with Crippen molar-refractivity contribution in [2.45, 2.75) is 5.41 Å². The van der Waals surface area contributed by atoms with Crippen LogP contribution in [0, 0.1) is 11.6 Å². The number of phenolic OH excluding ortho intramolecular Hbond substituents is 2. The van der Waals surface area contributed by atoms with Crippen LogP contribution in [0.4, 0.5) is 8.78 Å². The molecule has 0 saturated heterocycles. The lowest BCUT2D eigenvalue weighted by atomic mass is 9.67. The van der Waals surface area contributed by atoms with Crippen LogP contribution in [0.15, 0.2) is 84.9 Å². The summed E-state index contributed by atoms with van der Waals surface area (Å²) >= 11 is 0. The molecule has 0 bridgehead atoms. The van der Waals surface area contributed by atoms with Gasteiger partial charge < -0.3 is 10.2 Å². The van der Waals surface area contributed by atoms with E-state index in [9.17, 15) is 10.2 Å². The van der Waals surface area contributed by atoms with E-state index in [1.807, 2.05) is 48.5 Å². The quantitative estimate of drug-likeness (QED) is 0.406. The average molecular weight is 386 g/mol. The lowest BCUT2D eigenvalue weighted by molar-refractivity contribution is 0.463. The largest absolute Gasteiger partial charge is 0.508 e. The van der Waals surface area contributed by atoms with Crippen LogP contribution >= 0.6 is 0 Å². The van der Waals surface area contributed by atoms with Crippen LogP contribution in [0.5, 0.6) is 11.5 Å². The predicted molar refractivity (Wildman–Crippen MR) is 107 cm³/mol. The van der Waals surface area contributed by atoms with E-state index >= 15 is 8.78 Å². The van der Waals surface area contributed by atoms with E-state index in [0.717, 1.165) is 34.4 Å². The fraction of sp³-hybridized carbons (Fsp3) is 0.0400. The maximum atomic E-state index is 15.3. The maximum absolute atomic E-state index is 15.3. The molecule has 2 N–H and O–H groups in total. The van der Waals surface area contributed by atoms with Crippen molar-refractivity contribution in [2.75, 3.05) is 0 Å². The Hall–Kier alpha value is -3.66. The van der Waals surface area contributed by atoms with Gasteiger partial charge in [-0.25, -0.2) is 8.78 Å². The molecule has 0 fully saturated rings. The van der Waals surface area contributed by atoms with Crippen molar-refractivity contribution >= 4 is 0 Å². The fourth-order valence-electron chi connectivity index (χ4n) is 4.58. The molecule has 0 aliphatic heterocycles. The lowest BCUT2D eigenvalue weighted by Gasteiger charge is -2.34. The molecule has 1 aliphatic carbocycles. The number of hydrogen-bond donors (Lipinski definition) is 2. The van der Waals surface area contributed by atoms with Gasteiger partial charge in [-0.05, 0) is 34.4 Å². The van der Waals surface area contributed by atoms with Gasteiger partial charge in [0.15, 0.2) is 0 Å². The first-order valence-electron chi connectivity index (χ1n) is 9.21. The van der Waals surface area contributed by atoms with Gasteiger partial charge in [0.25, 0.3) is 0 Å². The summed E-state index contributed by atoms with van der Waals surface area (Å²) in [6, 6.07) is 23.0. The Kier molecular flexibility index (Phi) is 3.71. The third kappa shape index (κ3) is 2.32. The van der Waals surface area contributed by atoms with Crippen molar-refractivity contribution in [1.82, 2.24) is 0 Å². The van der Waals surface area contributed by atoms with Crippen LogP contribution in [-0.4, -0.2) is 10.2 Å². The van der Waals surface area contributed by atoms with Gasteiger partial charge in [0.2, 0.25) is 0 Å². The molecule has 5 rings (SSSR count). The van der Waals surface area contributed by atoms with Gasteiger partial charge >= 0.3 is 0 Å². The third-order valence-corrected chi connectivity index (χ3v) is 5.67. The van der Waals surface area contributed by atoms with E-state index in [2.05, 4.69) is 0 Å². The highest BCUT2D eigenvalue weighted by Crippen LogP contribution is 2.57. The summed E-state index contributed by atoms with van der Waals surface area (Å²) in [7, 11) is 0.